The summed E-state index contributed by atoms with van der Waals surface area (Å²) in [5.74, 6) is 0.00150. The Morgan fingerprint density at radius 2 is 1.93 bits per heavy atom. The number of likely N-dealkylation sites (tertiary alicyclic amines) is 1. The third kappa shape index (κ3) is 2.79. The van der Waals surface area contributed by atoms with Crippen LogP contribution >= 0.6 is 0 Å². The quantitative estimate of drug-likeness (QED) is 0.746. The van der Waals surface area contributed by atoms with E-state index in [1.165, 1.54) is 0 Å². The van der Waals surface area contributed by atoms with E-state index >= 15 is 0 Å². The molecular weight excluding hydrogens is 356 g/mol. The highest BCUT2D eigenvalue weighted by Crippen LogP contribution is 2.30. The minimum absolute atomic E-state index is 0.00150. The van der Waals surface area contributed by atoms with Crippen LogP contribution in [0.25, 0.3) is 16.8 Å². The summed E-state index contributed by atoms with van der Waals surface area (Å²) in [7, 11) is 0. The van der Waals surface area contributed by atoms with Crippen LogP contribution in [0.4, 0.5) is 4.79 Å². The first-order valence-corrected chi connectivity index (χ1v) is 9.43. The van der Waals surface area contributed by atoms with Gasteiger partial charge in [0, 0.05) is 37.1 Å². The van der Waals surface area contributed by atoms with E-state index in [1.807, 2.05) is 57.9 Å². The third-order valence-electron chi connectivity index (χ3n) is 5.65. The number of hydrogen-bond donors (Lipinski definition) is 1. The molecule has 3 aromatic rings. The molecule has 2 amide bonds. The van der Waals surface area contributed by atoms with E-state index < -0.39 is 5.60 Å². The fourth-order valence-electron chi connectivity index (χ4n) is 4.06. The van der Waals surface area contributed by atoms with Gasteiger partial charge in [0.15, 0.2) is 0 Å². The van der Waals surface area contributed by atoms with Gasteiger partial charge in [-0.25, -0.2) is 9.31 Å². The molecule has 1 spiro atoms. The van der Waals surface area contributed by atoms with Crippen molar-refractivity contribution in [3.8, 4) is 11.3 Å². The number of carbonyl (C=O) groups excluding carboxylic acids is 2. The molecule has 0 bridgehead atoms. The summed E-state index contributed by atoms with van der Waals surface area (Å²) in [4.78, 5) is 26.3. The maximum atomic E-state index is 13.0. The number of benzene rings is 1. The van der Waals surface area contributed by atoms with Crippen LogP contribution in [0.3, 0.4) is 0 Å². The molecule has 0 radical (unpaired) electrons. The highest BCUT2D eigenvalue weighted by atomic mass is 16.6. The van der Waals surface area contributed by atoms with Gasteiger partial charge in [-0.1, -0.05) is 18.2 Å². The van der Waals surface area contributed by atoms with Gasteiger partial charge in [-0.2, -0.15) is 5.10 Å². The van der Waals surface area contributed by atoms with Crippen molar-refractivity contribution in [2.24, 2.45) is 0 Å². The van der Waals surface area contributed by atoms with Crippen LogP contribution in [0, 0.1) is 0 Å². The van der Waals surface area contributed by atoms with Crippen molar-refractivity contribution < 1.29 is 14.3 Å². The van der Waals surface area contributed by atoms with E-state index in [1.54, 1.807) is 6.20 Å². The van der Waals surface area contributed by atoms with Crippen LogP contribution < -0.4 is 5.32 Å². The van der Waals surface area contributed by atoms with E-state index in [0.717, 1.165) is 16.8 Å². The van der Waals surface area contributed by atoms with Crippen LogP contribution in [-0.2, 0) is 4.74 Å². The summed E-state index contributed by atoms with van der Waals surface area (Å²) in [6, 6.07) is 15.6. The number of amides is 2. The number of pyridine rings is 1. The minimum atomic E-state index is -0.453. The summed E-state index contributed by atoms with van der Waals surface area (Å²) < 4.78 is 7.31. The van der Waals surface area contributed by atoms with Crippen LogP contribution in [0.5, 0.6) is 0 Å². The zero-order valence-corrected chi connectivity index (χ0v) is 15.3. The molecule has 1 N–H and O–H groups in total. The average molecular weight is 376 g/mol. The lowest BCUT2D eigenvalue weighted by molar-refractivity contribution is 0.00331. The summed E-state index contributed by atoms with van der Waals surface area (Å²) in [6.07, 6.45) is 2.72. The number of rotatable bonds is 2. The first kappa shape index (κ1) is 16.8. The highest BCUT2D eigenvalue weighted by Gasteiger charge is 2.43. The number of alkyl carbamates (subject to hydrolysis) is 1. The minimum Gasteiger partial charge on any atom is -0.441 e. The van der Waals surface area contributed by atoms with Crippen LogP contribution in [0.15, 0.2) is 54.7 Å². The number of carbonyl (C=O) groups is 2. The van der Waals surface area contributed by atoms with Gasteiger partial charge >= 0.3 is 6.09 Å². The lowest BCUT2D eigenvalue weighted by Gasteiger charge is -2.37. The van der Waals surface area contributed by atoms with Crippen molar-refractivity contribution in [3.63, 3.8) is 0 Å². The molecule has 2 aromatic heterocycles. The molecule has 2 saturated heterocycles. The van der Waals surface area contributed by atoms with Gasteiger partial charge in [-0.05, 0) is 30.3 Å². The van der Waals surface area contributed by atoms with E-state index in [9.17, 15) is 9.59 Å². The predicted octanol–water partition coefficient (Wildman–Crippen LogP) is 2.72. The van der Waals surface area contributed by atoms with Crippen molar-refractivity contribution in [2.75, 3.05) is 19.6 Å². The molecule has 142 valence electrons. The maximum absolute atomic E-state index is 13.0. The lowest BCUT2D eigenvalue weighted by atomic mass is 9.91. The van der Waals surface area contributed by atoms with Gasteiger partial charge in [0.25, 0.3) is 5.91 Å². The second-order valence-electron chi connectivity index (χ2n) is 7.38. The summed E-state index contributed by atoms with van der Waals surface area (Å²) in [5.41, 5.74) is 3.10. The molecule has 0 atom stereocenters. The van der Waals surface area contributed by atoms with E-state index in [0.29, 0.717) is 38.0 Å². The van der Waals surface area contributed by atoms with Crippen LogP contribution in [-0.4, -0.2) is 51.7 Å². The molecule has 4 heterocycles. The van der Waals surface area contributed by atoms with Crippen molar-refractivity contribution in [1.29, 1.82) is 0 Å². The van der Waals surface area contributed by atoms with Crippen molar-refractivity contribution in [1.82, 2.24) is 19.8 Å². The molecule has 28 heavy (non-hydrogen) atoms. The van der Waals surface area contributed by atoms with Gasteiger partial charge in [0.05, 0.1) is 24.0 Å². The number of ether oxygens (including phenoxy) is 1. The van der Waals surface area contributed by atoms with Crippen LogP contribution in [0.2, 0.25) is 0 Å². The van der Waals surface area contributed by atoms with Gasteiger partial charge < -0.3 is 15.0 Å². The lowest BCUT2D eigenvalue weighted by Crippen LogP contribution is -2.48. The third-order valence-corrected chi connectivity index (χ3v) is 5.65. The first-order chi connectivity index (χ1) is 13.6. The molecule has 0 unspecified atom stereocenters. The normalized spacial score (nSPS) is 18.3. The number of piperidine rings is 1. The number of nitrogens with one attached hydrogen (secondary N) is 1. The zero-order chi connectivity index (χ0) is 19.1. The Hall–Kier alpha value is -3.35. The van der Waals surface area contributed by atoms with E-state index in [4.69, 9.17) is 4.74 Å². The molecule has 2 aliphatic heterocycles. The van der Waals surface area contributed by atoms with Gasteiger partial charge in [-0.3, -0.25) is 4.79 Å². The molecule has 0 aliphatic carbocycles. The van der Waals surface area contributed by atoms with Gasteiger partial charge in [-0.15, -0.1) is 0 Å². The number of nitrogens with zero attached hydrogens (tertiary/aromatic N) is 3. The largest absolute Gasteiger partial charge is 0.441 e. The second-order valence-corrected chi connectivity index (χ2v) is 7.38. The number of fused-ring (bicyclic) bond motifs is 1. The van der Waals surface area contributed by atoms with E-state index in [2.05, 4.69) is 10.4 Å². The first-order valence-electron chi connectivity index (χ1n) is 9.43. The molecule has 7 heteroatoms. The fraction of sp³-hybridized carbons (Fsp3) is 0.286. The summed E-state index contributed by atoms with van der Waals surface area (Å²) >= 11 is 0. The summed E-state index contributed by atoms with van der Waals surface area (Å²) in [5, 5.41) is 7.10. The Kier molecular flexibility index (Phi) is 3.82. The highest BCUT2D eigenvalue weighted by molar-refractivity contribution is 5.95. The molecule has 7 nitrogen and oxygen atoms in total. The monoisotopic (exact) mass is 376 g/mol. The average Bonchev–Trinajstić information content (AvgIpc) is 3.35. The molecule has 2 aliphatic rings. The van der Waals surface area contributed by atoms with Crippen molar-refractivity contribution >= 4 is 17.5 Å². The Morgan fingerprint density at radius 3 is 2.71 bits per heavy atom. The van der Waals surface area contributed by atoms with Gasteiger partial charge in [0.1, 0.15) is 5.60 Å². The predicted molar refractivity (Wildman–Crippen MR) is 103 cm³/mol. The molecule has 2 fully saturated rings. The Bertz CT molecular complexity index is 1070. The topological polar surface area (TPSA) is 75.9 Å². The van der Waals surface area contributed by atoms with Crippen molar-refractivity contribution in [3.05, 3.63) is 60.3 Å². The SMILES string of the molecule is O=C1NCC2(CCN(C(=O)c3cccc(-c4cccc5ccnn45)c3)CC2)O1. The Morgan fingerprint density at radius 1 is 1.11 bits per heavy atom. The standard InChI is InChI=1S/C21H20N4O3/c26-19(24-11-8-21(9-12-24)14-22-20(27)28-21)16-4-1-3-15(13-16)18-6-2-5-17-7-10-23-25(17)18/h1-7,10,13H,8-9,11-12,14H2,(H,22,27). The molecule has 0 saturated carbocycles. The molecular formula is C21H20N4O3. The second kappa shape index (κ2) is 6.37. The van der Waals surface area contributed by atoms with Gasteiger partial charge in [0.2, 0.25) is 0 Å². The molecule has 5 rings (SSSR count). The van der Waals surface area contributed by atoms with Crippen molar-refractivity contribution in [2.45, 2.75) is 18.4 Å². The fourth-order valence-corrected chi connectivity index (χ4v) is 4.06. The summed E-state index contributed by atoms with van der Waals surface area (Å²) in [6.45, 7) is 1.68. The number of aromatic nitrogens is 2. The zero-order valence-electron chi connectivity index (χ0n) is 15.3. The molecule has 1 aromatic carbocycles. The number of hydrogen-bond acceptors (Lipinski definition) is 4. The maximum Gasteiger partial charge on any atom is 0.407 e. The smallest absolute Gasteiger partial charge is 0.407 e. The van der Waals surface area contributed by atoms with E-state index in [-0.39, 0.29) is 12.0 Å². The van der Waals surface area contributed by atoms with Crippen LogP contribution in [0.1, 0.15) is 23.2 Å². The Balaban J connectivity index is 1.37. The Labute approximate surface area is 161 Å².